The molecule has 0 unspecified atom stereocenters. The van der Waals surface area contributed by atoms with E-state index in [9.17, 15) is 0 Å². The highest BCUT2D eigenvalue weighted by molar-refractivity contribution is 5.04. The molecule has 0 radical (unpaired) electrons. The van der Waals surface area contributed by atoms with Crippen LogP contribution in [-0.2, 0) is 13.5 Å². The van der Waals surface area contributed by atoms with E-state index in [2.05, 4.69) is 25.7 Å². The summed E-state index contributed by atoms with van der Waals surface area (Å²) in [6, 6.07) is 1.93. The summed E-state index contributed by atoms with van der Waals surface area (Å²) in [5.74, 6) is 0.661. The highest BCUT2D eigenvalue weighted by atomic mass is 15.5. The maximum Gasteiger partial charge on any atom is 0.180 e. The van der Waals surface area contributed by atoms with Crippen molar-refractivity contribution in [3.05, 3.63) is 23.8 Å². The van der Waals surface area contributed by atoms with E-state index in [1.165, 1.54) is 0 Å². The zero-order valence-corrected chi connectivity index (χ0v) is 6.60. The Kier molecular flexibility index (Phi) is 1.58. The Labute approximate surface area is 68.6 Å². The van der Waals surface area contributed by atoms with Crippen LogP contribution in [0.25, 0.3) is 0 Å². The van der Waals surface area contributed by atoms with Crippen molar-refractivity contribution in [3.8, 4) is 0 Å². The van der Waals surface area contributed by atoms with E-state index in [4.69, 9.17) is 0 Å². The van der Waals surface area contributed by atoms with E-state index < -0.39 is 0 Å². The van der Waals surface area contributed by atoms with Gasteiger partial charge in [0.05, 0.1) is 12.1 Å². The van der Waals surface area contributed by atoms with E-state index in [1.807, 2.05) is 19.3 Å². The van der Waals surface area contributed by atoms with Crippen LogP contribution in [0.2, 0.25) is 0 Å². The second-order valence-corrected chi connectivity index (χ2v) is 2.49. The van der Waals surface area contributed by atoms with Crippen LogP contribution in [0, 0.1) is 0 Å². The average molecular weight is 164 g/mol. The lowest BCUT2D eigenvalue weighted by atomic mass is 10.3. The third kappa shape index (κ3) is 1.31. The van der Waals surface area contributed by atoms with Gasteiger partial charge in [-0.3, -0.25) is 4.68 Å². The van der Waals surface area contributed by atoms with Crippen LogP contribution in [0.15, 0.2) is 12.3 Å². The van der Waals surface area contributed by atoms with Crippen molar-refractivity contribution in [2.45, 2.75) is 6.42 Å². The first kappa shape index (κ1) is 6.96. The third-order valence-electron chi connectivity index (χ3n) is 1.50. The molecule has 62 valence electrons. The maximum absolute atomic E-state index is 4.18. The third-order valence-corrected chi connectivity index (χ3v) is 1.50. The maximum atomic E-state index is 4.18. The van der Waals surface area contributed by atoms with Crippen LogP contribution < -0.4 is 0 Å². The molecule has 0 bridgehead atoms. The Balaban J connectivity index is 2.14. The molecule has 0 fully saturated rings. The summed E-state index contributed by atoms with van der Waals surface area (Å²) >= 11 is 0. The topological polar surface area (TPSA) is 72.3 Å². The van der Waals surface area contributed by atoms with Crippen molar-refractivity contribution >= 4 is 0 Å². The summed E-state index contributed by atoms with van der Waals surface area (Å²) in [5, 5.41) is 17.7. The van der Waals surface area contributed by atoms with Gasteiger partial charge in [-0.15, -0.1) is 10.2 Å². The fraction of sp³-hybridized carbons (Fsp3) is 0.333. The average Bonchev–Trinajstić information content (AvgIpc) is 2.63. The number of H-pyrrole nitrogens is 1. The Morgan fingerprint density at radius 3 is 3.08 bits per heavy atom. The number of tetrazole rings is 1. The van der Waals surface area contributed by atoms with Gasteiger partial charge in [0.1, 0.15) is 0 Å². The Morgan fingerprint density at radius 2 is 2.50 bits per heavy atom. The van der Waals surface area contributed by atoms with Crippen molar-refractivity contribution in [3.63, 3.8) is 0 Å². The largest absolute Gasteiger partial charge is 0.276 e. The van der Waals surface area contributed by atoms with Gasteiger partial charge in [0.2, 0.25) is 0 Å². The van der Waals surface area contributed by atoms with Crippen molar-refractivity contribution in [1.82, 2.24) is 30.4 Å². The minimum Gasteiger partial charge on any atom is -0.276 e. The van der Waals surface area contributed by atoms with Gasteiger partial charge in [-0.1, -0.05) is 5.21 Å². The molecule has 0 aliphatic heterocycles. The monoisotopic (exact) mass is 164 g/mol. The fourth-order valence-corrected chi connectivity index (χ4v) is 0.977. The number of aryl methyl sites for hydroxylation is 1. The molecule has 2 aromatic heterocycles. The molecule has 6 nitrogen and oxygen atoms in total. The molecule has 0 aliphatic rings. The first-order chi connectivity index (χ1) is 5.84. The van der Waals surface area contributed by atoms with Crippen LogP contribution in [0.1, 0.15) is 11.5 Å². The standard InChI is InChI=1S/C6H8N6/c1-12-3-2-5(9-12)4-6-7-10-11-8-6/h2-3H,4H2,1H3,(H,7,8,10,11). The second kappa shape index (κ2) is 2.72. The van der Waals surface area contributed by atoms with Gasteiger partial charge in [0.15, 0.2) is 5.82 Å². The molecule has 2 aromatic rings. The summed E-state index contributed by atoms with van der Waals surface area (Å²) in [5.41, 5.74) is 0.943. The zero-order valence-electron chi connectivity index (χ0n) is 6.60. The molecular formula is C6H8N6. The molecule has 0 aliphatic carbocycles. The lowest BCUT2D eigenvalue weighted by Gasteiger charge is -1.87. The lowest BCUT2D eigenvalue weighted by molar-refractivity contribution is 0.744. The van der Waals surface area contributed by atoms with Crippen molar-refractivity contribution in [2.24, 2.45) is 7.05 Å². The normalized spacial score (nSPS) is 10.4. The molecular weight excluding hydrogens is 156 g/mol. The number of hydrogen-bond donors (Lipinski definition) is 1. The molecule has 0 saturated carbocycles. The van der Waals surface area contributed by atoms with Gasteiger partial charge in [-0.2, -0.15) is 10.3 Å². The zero-order chi connectivity index (χ0) is 8.39. The molecule has 2 rings (SSSR count). The van der Waals surface area contributed by atoms with Crippen molar-refractivity contribution < 1.29 is 0 Å². The Morgan fingerprint density at radius 1 is 1.58 bits per heavy atom. The lowest BCUT2D eigenvalue weighted by Crippen LogP contribution is -1.94. The van der Waals surface area contributed by atoms with E-state index >= 15 is 0 Å². The van der Waals surface area contributed by atoms with Crippen molar-refractivity contribution in [2.75, 3.05) is 0 Å². The minimum atomic E-state index is 0.622. The van der Waals surface area contributed by atoms with Crippen LogP contribution >= 0.6 is 0 Å². The van der Waals surface area contributed by atoms with Crippen molar-refractivity contribution in [1.29, 1.82) is 0 Å². The molecule has 0 atom stereocenters. The van der Waals surface area contributed by atoms with Gasteiger partial charge in [0.25, 0.3) is 0 Å². The molecule has 2 heterocycles. The summed E-state index contributed by atoms with van der Waals surface area (Å²) in [6.07, 6.45) is 2.51. The Hall–Kier alpha value is -1.72. The van der Waals surface area contributed by atoms with Crippen LogP contribution in [0.3, 0.4) is 0 Å². The first-order valence-corrected chi connectivity index (χ1v) is 3.55. The number of rotatable bonds is 2. The molecule has 0 saturated heterocycles. The number of nitrogens with zero attached hydrogens (tertiary/aromatic N) is 5. The molecule has 6 heteroatoms. The second-order valence-electron chi connectivity index (χ2n) is 2.49. The van der Waals surface area contributed by atoms with Gasteiger partial charge >= 0.3 is 0 Å². The quantitative estimate of drug-likeness (QED) is 0.651. The number of hydrogen-bond acceptors (Lipinski definition) is 4. The van der Waals surface area contributed by atoms with Crippen LogP contribution in [0.4, 0.5) is 0 Å². The molecule has 1 N–H and O–H groups in total. The summed E-state index contributed by atoms with van der Waals surface area (Å²) in [6.45, 7) is 0. The van der Waals surface area contributed by atoms with Crippen LogP contribution in [-0.4, -0.2) is 30.4 Å². The van der Waals surface area contributed by atoms with Gasteiger partial charge in [0, 0.05) is 13.2 Å². The molecule has 12 heavy (non-hydrogen) atoms. The van der Waals surface area contributed by atoms with Gasteiger partial charge < -0.3 is 0 Å². The van der Waals surface area contributed by atoms with Gasteiger partial charge in [-0.25, -0.2) is 0 Å². The van der Waals surface area contributed by atoms with E-state index in [1.54, 1.807) is 4.68 Å². The number of aromatic nitrogens is 6. The number of aromatic amines is 1. The van der Waals surface area contributed by atoms with E-state index in [0.29, 0.717) is 12.2 Å². The predicted octanol–water partition coefficient (Wildman–Crippen LogP) is -0.476. The molecule has 0 spiro atoms. The smallest absolute Gasteiger partial charge is 0.180 e. The van der Waals surface area contributed by atoms with E-state index in [-0.39, 0.29) is 0 Å². The Bertz CT molecular complexity index is 348. The highest BCUT2D eigenvalue weighted by Crippen LogP contribution is 1.99. The first-order valence-electron chi connectivity index (χ1n) is 3.55. The van der Waals surface area contributed by atoms with Crippen LogP contribution in [0.5, 0.6) is 0 Å². The highest BCUT2D eigenvalue weighted by Gasteiger charge is 2.02. The fourth-order valence-electron chi connectivity index (χ4n) is 0.977. The predicted molar refractivity (Wildman–Crippen MR) is 40.2 cm³/mol. The minimum absolute atomic E-state index is 0.622. The van der Waals surface area contributed by atoms with Gasteiger partial charge in [-0.05, 0) is 6.07 Å². The van der Waals surface area contributed by atoms with E-state index in [0.717, 1.165) is 5.69 Å². The molecule has 0 amide bonds. The summed E-state index contributed by atoms with van der Waals surface area (Å²) in [7, 11) is 1.87. The SMILES string of the molecule is Cn1ccc(Cc2nn[nH]n2)n1. The summed E-state index contributed by atoms with van der Waals surface area (Å²) < 4.78 is 1.75. The number of nitrogens with one attached hydrogen (secondary N) is 1. The summed E-state index contributed by atoms with van der Waals surface area (Å²) in [4.78, 5) is 0. The molecule has 0 aromatic carbocycles.